The molecule has 326 valence electrons. The third-order valence-electron chi connectivity index (χ3n) is 11.1. The van der Waals surface area contributed by atoms with E-state index in [0.717, 1.165) is 0 Å². The van der Waals surface area contributed by atoms with Crippen molar-refractivity contribution in [2.75, 3.05) is 48.8 Å². The lowest BCUT2D eigenvalue weighted by molar-refractivity contribution is -0.232. The van der Waals surface area contributed by atoms with Crippen LogP contribution in [0.1, 0.15) is 50.4 Å². The Morgan fingerprint density at radius 3 is 1.68 bits per heavy atom. The topological polar surface area (TPSA) is 274 Å². The van der Waals surface area contributed by atoms with Crippen molar-refractivity contribution in [1.82, 2.24) is 0 Å². The van der Waals surface area contributed by atoms with Gasteiger partial charge in [0.2, 0.25) is 0 Å². The number of methoxy groups -OCH3 is 5. The van der Waals surface area contributed by atoms with E-state index in [1.54, 1.807) is 26.0 Å². The minimum Gasteiger partial charge on any atom is -0.496 e. The fourth-order valence-corrected chi connectivity index (χ4v) is 8.14. The van der Waals surface area contributed by atoms with Gasteiger partial charge in [0, 0.05) is 18.6 Å². The van der Waals surface area contributed by atoms with Crippen molar-refractivity contribution in [1.29, 1.82) is 0 Å². The largest absolute Gasteiger partial charge is 0.496 e. The fourth-order valence-electron chi connectivity index (χ4n) is 8.14. The maximum Gasteiger partial charge on any atom is 0.197 e. The molecular formula is C42H50O18. The molecule has 3 heterocycles. The summed E-state index contributed by atoms with van der Waals surface area (Å²) in [4.78, 5) is 28.9. The Labute approximate surface area is 343 Å². The van der Waals surface area contributed by atoms with Gasteiger partial charge < -0.3 is 78.4 Å². The standard InChI is InChI=1S/C42H50O18/c1-16-8-18(11-19(45)28-17(2)10-22(54-4)31(39(28)57-7)41-37(51)35(49)33(47)26(14-43)59-41)29(21(9-16)53-3)25-12-20(46)30-23(55-5)13-24(56-6)32(40(30)58-25)42-38(52)36(50)34(48)27(15-44)60-42/h8-10,12-13,26-27,33-38,41-44,47-52H,11,14-15H2,1-7H3/t26-,27-,33-,34-,35+,36+,37-,38-,41+,42+/m1/s1. The van der Waals surface area contributed by atoms with E-state index in [9.17, 15) is 50.4 Å². The molecule has 60 heavy (non-hydrogen) atoms. The second-order valence-corrected chi connectivity index (χ2v) is 14.7. The zero-order valence-corrected chi connectivity index (χ0v) is 33.9. The monoisotopic (exact) mass is 842 g/mol. The van der Waals surface area contributed by atoms with Crippen LogP contribution in [0.3, 0.4) is 0 Å². The summed E-state index contributed by atoms with van der Waals surface area (Å²) in [5.41, 5.74) is 0.742. The van der Waals surface area contributed by atoms with Crippen LogP contribution in [0, 0.1) is 13.8 Å². The molecule has 18 nitrogen and oxygen atoms in total. The van der Waals surface area contributed by atoms with Crippen LogP contribution in [0.25, 0.3) is 22.3 Å². The zero-order valence-electron chi connectivity index (χ0n) is 33.9. The van der Waals surface area contributed by atoms with Crippen LogP contribution in [0.5, 0.6) is 28.7 Å². The first-order chi connectivity index (χ1) is 28.6. The lowest BCUT2D eigenvalue weighted by atomic mass is 9.86. The van der Waals surface area contributed by atoms with Gasteiger partial charge >= 0.3 is 0 Å². The molecule has 0 spiro atoms. The average molecular weight is 843 g/mol. The Hall–Kier alpha value is -4.86. The second kappa shape index (κ2) is 18.0. The molecule has 0 saturated carbocycles. The van der Waals surface area contributed by atoms with Crippen molar-refractivity contribution < 1.29 is 83.2 Å². The van der Waals surface area contributed by atoms with Gasteiger partial charge in [0.15, 0.2) is 16.8 Å². The van der Waals surface area contributed by atoms with E-state index in [1.165, 1.54) is 53.7 Å². The lowest BCUT2D eigenvalue weighted by Crippen LogP contribution is -2.55. The number of aliphatic hydroxyl groups is 8. The van der Waals surface area contributed by atoms with Crippen molar-refractivity contribution in [3.63, 3.8) is 0 Å². The van der Waals surface area contributed by atoms with Gasteiger partial charge in [-0.05, 0) is 42.7 Å². The number of carbonyl (C=O) groups excluding carboxylic acids is 1. The summed E-state index contributed by atoms with van der Waals surface area (Å²) in [6.45, 7) is 1.97. The molecule has 2 saturated heterocycles. The van der Waals surface area contributed by atoms with E-state index in [-0.39, 0.29) is 74.2 Å². The van der Waals surface area contributed by atoms with Gasteiger partial charge in [-0.2, -0.15) is 0 Å². The summed E-state index contributed by atoms with van der Waals surface area (Å²) >= 11 is 0. The number of hydrogen-bond acceptors (Lipinski definition) is 18. The first-order valence-electron chi connectivity index (χ1n) is 18.9. The summed E-state index contributed by atoms with van der Waals surface area (Å²) < 4.78 is 46.7. The van der Waals surface area contributed by atoms with Crippen LogP contribution >= 0.6 is 0 Å². The highest BCUT2D eigenvalue weighted by atomic mass is 16.6. The van der Waals surface area contributed by atoms with E-state index < -0.39 is 85.5 Å². The van der Waals surface area contributed by atoms with Crippen molar-refractivity contribution in [2.45, 2.75) is 81.3 Å². The molecule has 0 bridgehead atoms. The Balaban J connectivity index is 1.55. The molecule has 6 rings (SSSR count). The van der Waals surface area contributed by atoms with Gasteiger partial charge in [-0.1, -0.05) is 6.07 Å². The molecule has 0 radical (unpaired) electrons. The highest BCUT2D eigenvalue weighted by Crippen LogP contribution is 2.48. The van der Waals surface area contributed by atoms with Gasteiger partial charge in [-0.15, -0.1) is 0 Å². The molecule has 0 amide bonds. The van der Waals surface area contributed by atoms with E-state index in [0.29, 0.717) is 16.7 Å². The van der Waals surface area contributed by atoms with Crippen LogP contribution in [0.15, 0.2) is 39.5 Å². The first kappa shape index (κ1) is 44.7. The number of carbonyl (C=O) groups is 1. The number of rotatable bonds is 13. The predicted octanol–water partition coefficient (Wildman–Crippen LogP) is 0.575. The summed E-state index contributed by atoms with van der Waals surface area (Å²) in [5, 5.41) is 84.4. The molecule has 0 unspecified atom stereocenters. The Kier molecular flexibility index (Phi) is 13.4. The van der Waals surface area contributed by atoms with Gasteiger partial charge in [0.05, 0.1) is 71.0 Å². The summed E-state index contributed by atoms with van der Waals surface area (Å²) in [6.07, 6.45) is -16.3. The van der Waals surface area contributed by atoms with E-state index >= 15 is 0 Å². The third-order valence-corrected chi connectivity index (χ3v) is 11.1. The van der Waals surface area contributed by atoms with Crippen molar-refractivity contribution >= 4 is 16.8 Å². The molecule has 2 aliphatic heterocycles. The lowest BCUT2D eigenvalue weighted by Gasteiger charge is -2.41. The third kappa shape index (κ3) is 7.68. The minimum absolute atomic E-state index is 0.00698. The molecule has 10 atom stereocenters. The Morgan fingerprint density at radius 1 is 0.633 bits per heavy atom. The summed E-state index contributed by atoms with van der Waals surface area (Å²) in [7, 11) is 6.65. The number of ketones is 1. The maximum absolute atomic E-state index is 14.7. The molecule has 0 aliphatic carbocycles. The summed E-state index contributed by atoms with van der Waals surface area (Å²) in [5.74, 6) is -0.337. The van der Waals surface area contributed by atoms with Crippen LogP contribution in [-0.4, -0.2) is 144 Å². The highest BCUT2D eigenvalue weighted by molar-refractivity contribution is 6.03. The van der Waals surface area contributed by atoms with Crippen LogP contribution in [0.2, 0.25) is 0 Å². The van der Waals surface area contributed by atoms with Crippen molar-refractivity contribution in [3.05, 3.63) is 73.9 Å². The Morgan fingerprint density at radius 2 is 1.17 bits per heavy atom. The number of Topliss-reactive ketones (excluding diaryl/α,β-unsaturated/α-hetero) is 1. The fraction of sp³-hybridized carbons (Fsp3) is 0.476. The number of hydrogen-bond donors (Lipinski definition) is 8. The van der Waals surface area contributed by atoms with E-state index in [4.69, 9.17) is 37.6 Å². The van der Waals surface area contributed by atoms with Gasteiger partial charge in [0.1, 0.15) is 101 Å². The molecule has 4 aromatic rings. The smallest absolute Gasteiger partial charge is 0.197 e. The van der Waals surface area contributed by atoms with Gasteiger partial charge in [-0.3, -0.25) is 9.59 Å². The van der Waals surface area contributed by atoms with Gasteiger partial charge in [-0.25, -0.2) is 0 Å². The van der Waals surface area contributed by atoms with Gasteiger partial charge in [0.25, 0.3) is 0 Å². The van der Waals surface area contributed by atoms with Crippen molar-refractivity contribution in [3.8, 4) is 40.1 Å². The Bertz CT molecular complexity index is 2280. The predicted molar refractivity (Wildman–Crippen MR) is 210 cm³/mol. The van der Waals surface area contributed by atoms with Crippen LogP contribution in [0.4, 0.5) is 0 Å². The number of ether oxygens (including phenoxy) is 7. The summed E-state index contributed by atoms with van der Waals surface area (Å²) in [6, 6.07) is 7.41. The first-order valence-corrected chi connectivity index (χ1v) is 18.9. The number of fused-ring (bicyclic) bond motifs is 1. The molecule has 1 aromatic heterocycles. The minimum atomic E-state index is -1.79. The molecule has 3 aromatic carbocycles. The molecular weight excluding hydrogens is 792 g/mol. The zero-order chi connectivity index (χ0) is 43.9. The number of benzene rings is 3. The average Bonchev–Trinajstić information content (AvgIpc) is 3.23. The number of aliphatic hydroxyl groups excluding tert-OH is 8. The van der Waals surface area contributed by atoms with E-state index in [1.807, 2.05) is 0 Å². The normalized spacial score (nSPS) is 26.8. The molecule has 2 fully saturated rings. The second-order valence-electron chi connectivity index (χ2n) is 14.7. The highest BCUT2D eigenvalue weighted by Gasteiger charge is 2.48. The molecule has 18 heteroatoms. The molecule has 2 aliphatic rings. The van der Waals surface area contributed by atoms with Crippen molar-refractivity contribution in [2.24, 2.45) is 0 Å². The number of aryl methyl sites for hydroxylation is 2. The SMILES string of the molecule is COc1cc(C)cc(CC(=O)c2c(C)cc(OC)c([C@@H]3O[C@H](CO)[C@@H](O)[C@H](O)[C@H]3O)c2OC)c1-c1cc(=O)c2c(OC)cc(OC)c([C@@H]3O[C@H](CO)[C@@H](O)[C@H](O)[C@H]3O)c2o1. The van der Waals surface area contributed by atoms with Crippen LogP contribution in [-0.2, 0) is 15.9 Å². The van der Waals surface area contributed by atoms with E-state index in [2.05, 4.69) is 0 Å². The molecule has 8 N–H and O–H groups in total. The van der Waals surface area contributed by atoms with Crippen LogP contribution < -0.4 is 29.1 Å². The quantitative estimate of drug-likeness (QED) is 0.0855. The maximum atomic E-state index is 14.7.